The molecule has 3 aliphatic heterocycles. The summed E-state index contributed by atoms with van der Waals surface area (Å²) in [6.45, 7) is 1.85. The third kappa shape index (κ3) is 11.3. The molecule has 8 rings (SSSR count). The molecule has 5 aromatic rings. The summed E-state index contributed by atoms with van der Waals surface area (Å²) in [7, 11) is 1.63. The summed E-state index contributed by atoms with van der Waals surface area (Å²) in [5.41, 5.74) is 8.34. The zero-order chi connectivity index (χ0) is 40.1. The lowest BCUT2D eigenvalue weighted by atomic mass is 9.97. The van der Waals surface area contributed by atoms with Crippen LogP contribution < -0.4 is 5.48 Å². The number of fused-ring (bicyclic) bond motifs is 1. The second-order valence-corrected chi connectivity index (χ2v) is 14.9. The van der Waals surface area contributed by atoms with E-state index in [-0.39, 0.29) is 19.3 Å². The molecule has 3 saturated heterocycles. The van der Waals surface area contributed by atoms with Crippen molar-refractivity contribution in [2.75, 3.05) is 20.3 Å². The Hall–Kier alpha value is -4.34. The van der Waals surface area contributed by atoms with E-state index in [2.05, 4.69) is 5.48 Å². The smallest absolute Gasteiger partial charge is 0.206 e. The Labute approximate surface area is 346 Å². The first-order valence-corrected chi connectivity index (χ1v) is 20.4. The van der Waals surface area contributed by atoms with Gasteiger partial charge in [-0.05, 0) is 22.3 Å². The molecule has 11 heteroatoms. The van der Waals surface area contributed by atoms with Crippen LogP contribution in [0.4, 0.5) is 0 Å². The normalized spacial score (nSPS) is 28.2. The summed E-state index contributed by atoms with van der Waals surface area (Å²) in [4.78, 5) is 6.67. The Morgan fingerprint density at radius 3 is 1.63 bits per heavy atom. The second-order valence-electron chi connectivity index (χ2n) is 14.9. The average Bonchev–Trinajstić information content (AvgIpc) is 3.30. The van der Waals surface area contributed by atoms with Gasteiger partial charge in [0.05, 0.1) is 45.7 Å². The highest BCUT2D eigenvalue weighted by Crippen LogP contribution is 2.36. The number of hydrogen-bond donors (Lipinski definition) is 1. The van der Waals surface area contributed by atoms with Gasteiger partial charge in [-0.2, -0.15) is 5.48 Å². The number of rotatable bonds is 18. The molecule has 3 heterocycles. The first kappa shape index (κ1) is 41.4. The van der Waals surface area contributed by atoms with Crippen LogP contribution in [0.15, 0.2) is 152 Å². The first-order valence-electron chi connectivity index (χ1n) is 20.4. The van der Waals surface area contributed by atoms with E-state index < -0.39 is 55.5 Å². The molecule has 0 radical (unpaired) electrons. The molecule has 1 N–H and O–H groups in total. The number of nitrogens with one attached hydrogen (secondary N) is 1. The van der Waals surface area contributed by atoms with Crippen LogP contribution >= 0.6 is 0 Å². The highest BCUT2D eigenvalue weighted by Gasteiger charge is 2.51. The summed E-state index contributed by atoms with van der Waals surface area (Å²) in [6.07, 6.45) is -5.03. The fraction of sp³-hybridized carbons (Fsp3) is 0.375. The van der Waals surface area contributed by atoms with Crippen LogP contribution in [-0.2, 0) is 73.9 Å². The SMILES string of the molecule is CO[C@@H]1C[C@H](NO[C@H]2O[C@H](COCc3ccccc3)[C@@H](OCc3ccccc3)[C@H](OCc3ccccc3)[C@H]2OCc2ccccc2)[C@@H]2O[C@H](c3ccccc3)OC[C@H]2O1. The maximum atomic E-state index is 6.91. The fourth-order valence-corrected chi connectivity index (χ4v) is 7.66. The van der Waals surface area contributed by atoms with Gasteiger partial charge in [0.2, 0.25) is 6.29 Å². The molecule has 11 nitrogen and oxygen atoms in total. The molecule has 5 aromatic carbocycles. The van der Waals surface area contributed by atoms with Crippen molar-refractivity contribution in [3.8, 4) is 0 Å². The van der Waals surface area contributed by atoms with Crippen LogP contribution in [0.2, 0.25) is 0 Å². The topological polar surface area (TPSA) is 104 Å². The molecule has 10 atom stereocenters. The van der Waals surface area contributed by atoms with E-state index in [4.69, 9.17) is 47.5 Å². The van der Waals surface area contributed by atoms with Gasteiger partial charge >= 0.3 is 0 Å². The summed E-state index contributed by atoms with van der Waals surface area (Å²) < 4.78 is 58.5. The highest BCUT2D eigenvalue weighted by atomic mass is 16.8. The van der Waals surface area contributed by atoms with Crippen molar-refractivity contribution in [2.45, 2.75) is 94.4 Å². The number of benzene rings is 5. The summed E-state index contributed by atoms with van der Waals surface area (Å²) in [5.74, 6) is 0. The lowest BCUT2D eigenvalue weighted by Crippen LogP contribution is -2.64. The zero-order valence-corrected chi connectivity index (χ0v) is 33.2. The molecular formula is C48H53NO10. The van der Waals surface area contributed by atoms with Gasteiger partial charge in [-0.25, -0.2) is 0 Å². The van der Waals surface area contributed by atoms with Gasteiger partial charge in [-0.3, -0.25) is 4.84 Å². The number of hydrogen-bond acceptors (Lipinski definition) is 11. The van der Waals surface area contributed by atoms with Gasteiger partial charge in [-0.15, -0.1) is 0 Å². The zero-order valence-electron chi connectivity index (χ0n) is 33.2. The van der Waals surface area contributed by atoms with Crippen LogP contribution in [0.25, 0.3) is 0 Å². The maximum absolute atomic E-state index is 6.91. The lowest BCUT2D eigenvalue weighted by molar-refractivity contribution is -0.357. The predicted octanol–water partition coefficient (Wildman–Crippen LogP) is 7.45. The van der Waals surface area contributed by atoms with Crippen LogP contribution in [-0.4, -0.2) is 75.6 Å². The van der Waals surface area contributed by atoms with Crippen molar-refractivity contribution in [1.29, 1.82) is 0 Å². The van der Waals surface area contributed by atoms with Crippen molar-refractivity contribution in [1.82, 2.24) is 5.48 Å². The minimum absolute atomic E-state index is 0.206. The second kappa shape index (κ2) is 21.3. The minimum Gasteiger partial charge on any atom is -0.374 e. The van der Waals surface area contributed by atoms with E-state index in [0.717, 1.165) is 27.8 Å². The molecule has 3 aliphatic rings. The van der Waals surface area contributed by atoms with Crippen molar-refractivity contribution in [3.63, 3.8) is 0 Å². The van der Waals surface area contributed by atoms with Gasteiger partial charge in [0, 0.05) is 19.1 Å². The van der Waals surface area contributed by atoms with Crippen LogP contribution in [0.3, 0.4) is 0 Å². The molecule has 0 aliphatic carbocycles. The van der Waals surface area contributed by atoms with Crippen LogP contribution in [0, 0.1) is 0 Å². The van der Waals surface area contributed by atoms with Gasteiger partial charge in [0.1, 0.15) is 36.6 Å². The third-order valence-electron chi connectivity index (χ3n) is 10.7. The Morgan fingerprint density at radius 1 is 0.559 bits per heavy atom. The van der Waals surface area contributed by atoms with E-state index in [1.807, 2.05) is 152 Å². The molecule has 0 amide bonds. The third-order valence-corrected chi connectivity index (χ3v) is 10.7. The average molecular weight is 804 g/mol. The summed E-state index contributed by atoms with van der Waals surface area (Å²) in [5, 5.41) is 0. The molecule has 0 saturated carbocycles. The van der Waals surface area contributed by atoms with Crippen LogP contribution in [0.5, 0.6) is 0 Å². The van der Waals surface area contributed by atoms with E-state index in [1.165, 1.54) is 0 Å². The Morgan fingerprint density at radius 2 is 1.07 bits per heavy atom. The Balaban J connectivity index is 1.09. The minimum atomic E-state index is -0.964. The van der Waals surface area contributed by atoms with Gasteiger partial charge in [0.15, 0.2) is 12.6 Å². The number of methoxy groups -OCH3 is 1. The Bertz CT molecular complexity index is 1930. The van der Waals surface area contributed by atoms with Crippen molar-refractivity contribution in [2.24, 2.45) is 0 Å². The van der Waals surface area contributed by atoms with E-state index in [1.54, 1.807) is 7.11 Å². The van der Waals surface area contributed by atoms with E-state index in [0.29, 0.717) is 32.8 Å². The lowest BCUT2D eigenvalue weighted by Gasteiger charge is -2.48. The van der Waals surface area contributed by atoms with Gasteiger partial charge in [-0.1, -0.05) is 152 Å². The number of hydroxylamine groups is 1. The summed E-state index contributed by atoms with van der Waals surface area (Å²) >= 11 is 0. The maximum Gasteiger partial charge on any atom is 0.206 e. The van der Waals surface area contributed by atoms with Crippen molar-refractivity contribution in [3.05, 3.63) is 179 Å². The monoisotopic (exact) mass is 803 g/mol. The molecule has 59 heavy (non-hydrogen) atoms. The van der Waals surface area contributed by atoms with Gasteiger partial charge in [0.25, 0.3) is 0 Å². The van der Waals surface area contributed by atoms with E-state index >= 15 is 0 Å². The highest BCUT2D eigenvalue weighted by molar-refractivity contribution is 5.18. The largest absolute Gasteiger partial charge is 0.374 e. The van der Waals surface area contributed by atoms with E-state index in [9.17, 15) is 0 Å². The molecular weight excluding hydrogens is 751 g/mol. The van der Waals surface area contributed by atoms with Crippen molar-refractivity contribution >= 4 is 0 Å². The molecule has 310 valence electrons. The van der Waals surface area contributed by atoms with Crippen LogP contribution in [0.1, 0.15) is 40.5 Å². The molecule has 0 spiro atoms. The Kier molecular flexibility index (Phi) is 14.9. The standard InChI is InChI=1S/C48H53NO10/c1-50-42-27-39(43-41(56-42)33-55-47(58-43)38-25-15-6-16-26-38)49-59-48-46(54-31-37-23-13-5-14-24-37)45(53-30-36-21-11-4-12-22-36)44(52-29-35-19-9-3-10-20-35)40(57-48)32-51-28-34-17-7-2-8-18-34/h2-26,39-49H,27-33H2,1H3/t39-,40+,41+,42-,43-,44+,45-,46+,47+,48+/m0/s1. The molecule has 3 fully saturated rings. The summed E-state index contributed by atoms with van der Waals surface area (Å²) in [6, 6.07) is 49.7. The predicted molar refractivity (Wildman–Crippen MR) is 218 cm³/mol. The first-order chi connectivity index (χ1) is 29.2. The fourth-order valence-electron chi connectivity index (χ4n) is 7.66. The molecule has 0 aromatic heterocycles. The number of ether oxygens (including phenoxy) is 9. The quantitative estimate of drug-likeness (QED) is 0.0894. The molecule has 0 bridgehead atoms. The molecule has 0 unspecified atom stereocenters. The van der Waals surface area contributed by atoms with Crippen molar-refractivity contribution < 1.29 is 47.5 Å². The van der Waals surface area contributed by atoms with Gasteiger partial charge < -0.3 is 42.6 Å².